The topological polar surface area (TPSA) is 134 Å². The van der Waals surface area contributed by atoms with E-state index in [0.29, 0.717) is 0 Å². The van der Waals surface area contributed by atoms with E-state index in [1.807, 2.05) is 24.3 Å². The van der Waals surface area contributed by atoms with Crippen molar-refractivity contribution in [2.75, 3.05) is 26.4 Å². The molecule has 226 valence electrons. The van der Waals surface area contributed by atoms with Gasteiger partial charge in [0.25, 0.3) is 0 Å². The van der Waals surface area contributed by atoms with Crippen LogP contribution in [0.3, 0.4) is 0 Å². The monoisotopic (exact) mass is 609 g/mol. The fourth-order valence-corrected chi connectivity index (χ4v) is 4.91. The second-order valence-corrected chi connectivity index (χ2v) is 11.9. The van der Waals surface area contributed by atoms with Crippen LogP contribution in [0.4, 0.5) is 0 Å². The first-order chi connectivity index (χ1) is 18.9. The van der Waals surface area contributed by atoms with Crippen molar-refractivity contribution in [1.82, 2.24) is 4.98 Å². The summed E-state index contributed by atoms with van der Waals surface area (Å²) in [6.45, 7) is 0.642. The van der Waals surface area contributed by atoms with Gasteiger partial charge in [-0.2, -0.15) is 0 Å². The average molecular weight is 610 g/mol. The number of thiol groups is 1. The maximum absolute atomic E-state index is 10.2. The molecule has 0 aliphatic rings. The summed E-state index contributed by atoms with van der Waals surface area (Å²) < 4.78 is 2.04. The van der Waals surface area contributed by atoms with Crippen LogP contribution in [-0.4, -0.2) is 57.8 Å². The summed E-state index contributed by atoms with van der Waals surface area (Å²) in [5.41, 5.74) is -0.0718. The number of aliphatic hydroxyl groups is 4. The fourth-order valence-electron chi connectivity index (χ4n) is 3.80. The molecule has 0 saturated carbocycles. The predicted octanol–water partition coefficient (Wildman–Crippen LogP) is 2.53. The molecule has 2 aromatic rings. The van der Waals surface area contributed by atoms with Crippen molar-refractivity contribution in [2.45, 2.75) is 114 Å². The Balaban J connectivity index is 0. The number of aromatic nitrogens is 1. The van der Waals surface area contributed by atoms with Crippen LogP contribution < -0.4 is 34.7 Å². The summed E-state index contributed by atoms with van der Waals surface area (Å²) in [5, 5.41) is 44.2. The molecule has 0 aliphatic heterocycles. The van der Waals surface area contributed by atoms with Gasteiger partial charge in [-0.05, 0) is 25.0 Å². The van der Waals surface area contributed by atoms with E-state index >= 15 is 0 Å². The number of fused-ring (bicyclic) bond motifs is 1. The van der Waals surface area contributed by atoms with Crippen LogP contribution in [0.25, 0.3) is 10.2 Å². The molecule has 40 heavy (non-hydrogen) atoms. The number of unbranched alkanes of at least 4 members (excludes halogenated alkanes) is 14. The summed E-state index contributed by atoms with van der Waals surface area (Å²) in [5.74, 6) is -0.903. The number of benzene rings is 1. The number of carbonyl (C=O) groups excluding carboxylic acids is 1. The van der Waals surface area contributed by atoms with E-state index < -0.39 is 37.8 Å². The molecule has 2 rings (SSSR count). The molecule has 0 amide bonds. The second-order valence-electron chi connectivity index (χ2n) is 10.2. The third kappa shape index (κ3) is 22.4. The van der Waals surface area contributed by atoms with Gasteiger partial charge in [0.05, 0.1) is 42.1 Å². The van der Waals surface area contributed by atoms with Gasteiger partial charge in [0.1, 0.15) is 4.34 Å². The van der Waals surface area contributed by atoms with Gasteiger partial charge < -0.3 is 30.3 Å². The first-order valence-electron chi connectivity index (χ1n) is 14.6. The zero-order valence-electron chi connectivity index (χ0n) is 24.9. The summed E-state index contributed by atoms with van der Waals surface area (Å²) in [6, 6.07) is 8.03. The molecule has 0 atom stereocenters. The van der Waals surface area contributed by atoms with Crippen LogP contribution in [0, 0.1) is 5.41 Å². The molecule has 0 unspecified atom stereocenters. The molecule has 1 aromatic heterocycles. The maximum Gasteiger partial charge on any atom is 1.00 e. The van der Waals surface area contributed by atoms with E-state index in [1.165, 1.54) is 88.2 Å². The van der Waals surface area contributed by atoms with Gasteiger partial charge in [0.15, 0.2) is 0 Å². The SMILES string of the molecule is CCCCCCCCCCCCCCCCCC(=O)[O-].OCC(CO)(CO)CO.Sc1nc2ccccc2s1.[Na+]. The van der Waals surface area contributed by atoms with Crippen molar-refractivity contribution >= 4 is 40.2 Å². The van der Waals surface area contributed by atoms with E-state index in [2.05, 4.69) is 24.5 Å². The Kier molecular flexibility index (Phi) is 30.2. The summed E-state index contributed by atoms with van der Waals surface area (Å²) >= 11 is 5.76. The molecular weight excluding hydrogens is 557 g/mol. The van der Waals surface area contributed by atoms with Crippen molar-refractivity contribution in [3.05, 3.63) is 24.3 Å². The molecule has 1 heterocycles. The summed E-state index contributed by atoms with van der Waals surface area (Å²) in [7, 11) is 0. The molecule has 10 heteroatoms. The number of rotatable bonds is 20. The number of hydrogen-bond acceptors (Lipinski definition) is 9. The molecule has 0 spiro atoms. The number of aliphatic hydroxyl groups excluding tert-OH is 4. The smallest absolute Gasteiger partial charge is 0.550 e. The first kappa shape index (κ1) is 41.9. The van der Waals surface area contributed by atoms with Crippen molar-refractivity contribution in [2.24, 2.45) is 5.41 Å². The number of aliphatic carboxylic acids is 1. The predicted molar refractivity (Wildman–Crippen MR) is 162 cm³/mol. The normalized spacial score (nSPS) is 10.8. The van der Waals surface area contributed by atoms with Crippen molar-refractivity contribution in [1.29, 1.82) is 0 Å². The standard InChI is InChI=1S/C18H36O2.C7H5NS2.C5H12O4.Na/c1-2-3-4-5-6-7-8-9-10-11-12-13-14-15-16-17-18(19)20;9-7-8-5-3-1-2-4-6(5)10-7;6-1-5(2-7,3-8)4-9;/h2-17H2,1H3,(H,19,20);1-4H,(H,8,9);6-9H,1-4H2;/q;;;+1/p-1. The van der Waals surface area contributed by atoms with E-state index in [4.69, 9.17) is 20.4 Å². The molecule has 0 fully saturated rings. The summed E-state index contributed by atoms with van der Waals surface area (Å²) in [6.07, 6.45) is 19.9. The molecule has 4 N–H and O–H groups in total. The molecule has 0 aliphatic carbocycles. The number of carboxylic acids is 1. The number of carboxylic acid groups (broad SMARTS) is 1. The Bertz CT molecular complexity index is 785. The minimum absolute atomic E-state index is 0. The van der Waals surface area contributed by atoms with Crippen LogP contribution >= 0.6 is 24.0 Å². The number of hydrogen-bond donors (Lipinski definition) is 5. The van der Waals surface area contributed by atoms with Gasteiger partial charge >= 0.3 is 29.6 Å². The zero-order chi connectivity index (χ0) is 29.2. The fraction of sp³-hybridized carbons (Fsp3) is 0.733. The Labute approximate surface area is 273 Å². The van der Waals surface area contributed by atoms with Crippen LogP contribution in [0.15, 0.2) is 28.6 Å². The molecule has 0 saturated heterocycles. The molecule has 1 aromatic carbocycles. The third-order valence-electron chi connectivity index (χ3n) is 6.61. The number of nitrogens with zero attached hydrogens (tertiary/aromatic N) is 1. The Morgan fingerprint density at radius 3 is 1.52 bits per heavy atom. The molecule has 0 radical (unpaired) electrons. The van der Waals surface area contributed by atoms with E-state index in [-0.39, 0.29) is 36.0 Å². The van der Waals surface area contributed by atoms with Crippen LogP contribution in [-0.2, 0) is 4.79 Å². The number of thiazole rings is 1. The van der Waals surface area contributed by atoms with E-state index in [0.717, 1.165) is 22.7 Å². The van der Waals surface area contributed by atoms with Crippen molar-refractivity contribution in [3.8, 4) is 0 Å². The van der Waals surface area contributed by atoms with Crippen LogP contribution in [0.5, 0.6) is 0 Å². The number of carbonyl (C=O) groups is 1. The molecule has 0 bridgehead atoms. The minimum atomic E-state index is -1.11. The van der Waals surface area contributed by atoms with Gasteiger partial charge in [0, 0.05) is 5.97 Å². The van der Waals surface area contributed by atoms with Gasteiger partial charge in [-0.25, -0.2) is 4.98 Å². The zero-order valence-corrected chi connectivity index (χ0v) is 28.6. The number of para-hydroxylation sites is 1. The first-order valence-corrected chi connectivity index (χ1v) is 15.8. The van der Waals surface area contributed by atoms with Gasteiger partial charge in [-0.15, -0.1) is 24.0 Å². The van der Waals surface area contributed by atoms with Crippen molar-refractivity contribution < 1.29 is 59.9 Å². The van der Waals surface area contributed by atoms with Gasteiger partial charge in [-0.1, -0.05) is 109 Å². The molecule has 7 nitrogen and oxygen atoms in total. The Morgan fingerprint density at radius 2 is 1.18 bits per heavy atom. The Hall–Kier alpha value is -0.230. The quantitative estimate of drug-likeness (QED) is 0.0885. The van der Waals surface area contributed by atoms with Gasteiger partial charge in [-0.3, -0.25) is 0 Å². The summed E-state index contributed by atoms with van der Waals surface area (Å²) in [4.78, 5) is 14.4. The Morgan fingerprint density at radius 1 is 0.775 bits per heavy atom. The third-order valence-corrected chi connectivity index (χ3v) is 7.82. The molecular formula is C30H52NNaO6S2. The second kappa shape index (κ2) is 28.9. The van der Waals surface area contributed by atoms with Crippen molar-refractivity contribution in [3.63, 3.8) is 0 Å². The van der Waals surface area contributed by atoms with Crippen LogP contribution in [0.2, 0.25) is 0 Å². The minimum Gasteiger partial charge on any atom is -0.550 e. The van der Waals surface area contributed by atoms with Gasteiger partial charge in [0.2, 0.25) is 0 Å². The van der Waals surface area contributed by atoms with E-state index in [9.17, 15) is 9.90 Å². The van der Waals surface area contributed by atoms with Crippen LogP contribution in [0.1, 0.15) is 110 Å². The average Bonchev–Trinajstić information content (AvgIpc) is 3.33. The maximum atomic E-state index is 10.2. The van der Waals surface area contributed by atoms with E-state index in [1.54, 1.807) is 11.3 Å². The largest absolute Gasteiger partial charge is 1.00 e.